The van der Waals surface area contributed by atoms with Crippen molar-refractivity contribution in [2.75, 3.05) is 7.11 Å². The molecule has 9 heteroatoms. The Hall–Kier alpha value is -2.97. The molecule has 0 saturated heterocycles. The first-order chi connectivity index (χ1) is 11.9. The van der Waals surface area contributed by atoms with Gasteiger partial charge in [-0.05, 0) is 24.1 Å². The smallest absolute Gasteiger partial charge is 0.436 e. The van der Waals surface area contributed by atoms with Crippen LogP contribution < -0.4 is 4.74 Å². The molecule has 0 N–H and O–H groups in total. The van der Waals surface area contributed by atoms with Crippen LogP contribution in [0.2, 0.25) is 0 Å². The Balaban J connectivity index is 2.15. The van der Waals surface area contributed by atoms with E-state index in [4.69, 9.17) is 4.74 Å². The number of aryl methyl sites for hydroxylation is 1. The van der Waals surface area contributed by atoms with E-state index in [0.29, 0.717) is 22.8 Å². The lowest BCUT2D eigenvalue weighted by Gasteiger charge is -2.11. The highest BCUT2D eigenvalue weighted by molar-refractivity contribution is 5.71. The zero-order valence-corrected chi connectivity index (χ0v) is 13.4. The summed E-state index contributed by atoms with van der Waals surface area (Å²) in [5.74, 6) is 0.354. The van der Waals surface area contributed by atoms with Crippen LogP contribution in [0, 0.1) is 0 Å². The fraction of sp³-hybridized carbons (Fsp3) is 0.250. The number of nitrogens with zero attached hydrogens (tertiary/aromatic N) is 5. The maximum atomic E-state index is 12.8. The van der Waals surface area contributed by atoms with Crippen LogP contribution in [0.25, 0.3) is 16.9 Å². The first-order valence-corrected chi connectivity index (χ1v) is 7.41. The standard InChI is InChI=1S/C16H14F3N5O/c1-3-10-4-5-13(24-8-14(22-23-24)16(17,18)19)11(6-10)12-7-15(25-2)21-9-20-12/h4-9H,3H2,1-2H3. The molecule has 2 aromatic heterocycles. The summed E-state index contributed by atoms with van der Waals surface area (Å²) in [6.45, 7) is 1.98. The summed E-state index contributed by atoms with van der Waals surface area (Å²) >= 11 is 0. The van der Waals surface area contributed by atoms with Gasteiger partial charge in [-0.2, -0.15) is 13.2 Å². The summed E-state index contributed by atoms with van der Waals surface area (Å²) in [6, 6.07) is 6.98. The van der Waals surface area contributed by atoms with E-state index in [0.717, 1.165) is 22.9 Å². The number of hydrogen-bond donors (Lipinski definition) is 0. The first kappa shape index (κ1) is 16.9. The second-order valence-electron chi connectivity index (χ2n) is 5.20. The number of alkyl halides is 3. The maximum absolute atomic E-state index is 12.8. The summed E-state index contributed by atoms with van der Waals surface area (Å²) in [7, 11) is 1.47. The molecule has 0 unspecified atom stereocenters. The van der Waals surface area contributed by atoms with E-state index in [2.05, 4.69) is 20.3 Å². The second-order valence-corrected chi connectivity index (χ2v) is 5.20. The molecule has 0 saturated carbocycles. The molecule has 0 spiro atoms. The SMILES string of the molecule is CCc1ccc(-n2cc(C(F)(F)F)nn2)c(-c2cc(OC)ncn2)c1. The van der Waals surface area contributed by atoms with Gasteiger partial charge in [-0.15, -0.1) is 5.10 Å². The Morgan fingerprint density at radius 1 is 1.16 bits per heavy atom. The summed E-state index contributed by atoms with van der Waals surface area (Å²) in [5.41, 5.74) is 1.51. The van der Waals surface area contributed by atoms with E-state index >= 15 is 0 Å². The van der Waals surface area contributed by atoms with Crippen LogP contribution in [-0.4, -0.2) is 32.1 Å². The molecule has 3 aromatic rings. The third-order valence-electron chi connectivity index (χ3n) is 3.63. The van der Waals surface area contributed by atoms with Gasteiger partial charge >= 0.3 is 6.18 Å². The zero-order chi connectivity index (χ0) is 18.0. The number of benzene rings is 1. The van der Waals surface area contributed by atoms with Gasteiger partial charge < -0.3 is 4.74 Å². The molecule has 0 bridgehead atoms. The van der Waals surface area contributed by atoms with Crippen LogP contribution in [0.3, 0.4) is 0 Å². The molecule has 0 fully saturated rings. The minimum atomic E-state index is -4.56. The lowest BCUT2D eigenvalue weighted by Crippen LogP contribution is -2.05. The van der Waals surface area contributed by atoms with Gasteiger partial charge in [0.05, 0.1) is 24.7 Å². The van der Waals surface area contributed by atoms with Crippen molar-refractivity contribution in [2.24, 2.45) is 0 Å². The quantitative estimate of drug-likeness (QED) is 0.723. The summed E-state index contributed by atoms with van der Waals surface area (Å²) in [4.78, 5) is 8.15. The molecule has 1 aromatic carbocycles. The molecule has 0 atom stereocenters. The van der Waals surface area contributed by atoms with Crippen LogP contribution in [0.1, 0.15) is 18.2 Å². The average molecular weight is 349 g/mol. The van der Waals surface area contributed by atoms with Gasteiger partial charge in [-0.3, -0.25) is 0 Å². The van der Waals surface area contributed by atoms with Gasteiger partial charge in [0.15, 0.2) is 5.69 Å². The summed E-state index contributed by atoms with van der Waals surface area (Å²) < 4.78 is 44.6. The van der Waals surface area contributed by atoms with E-state index in [-0.39, 0.29) is 0 Å². The molecular formula is C16H14F3N5O. The molecule has 3 rings (SSSR count). The predicted octanol–water partition coefficient (Wildman–Crippen LogP) is 3.31. The number of aromatic nitrogens is 5. The minimum absolute atomic E-state index is 0.354. The zero-order valence-electron chi connectivity index (χ0n) is 13.4. The molecule has 6 nitrogen and oxygen atoms in total. The number of ether oxygens (including phenoxy) is 1. The minimum Gasteiger partial charge on any atom is -0.481 e. The normalized spacial score (nSPS) is 11.6. The van der Waals surface area contributed by atoms with Gasteiger partial charge in [-0.1, -0.05) is 18.2 Å². The third kappa shape index (κ3) is 3.44. The Labute approximate surface area is 141 Å². The van der Waals surface area contributed by atoms with Crippen molar-refractivity contribution >= 4 is 0 Å². The van der Waals surface area contributed by atoms with E-state index in [1.807, 2.05) is 19.1 Å². The second kappa shape index (κ2) is 6.50. The highest BCUT2D eigenvalue weighted by atomic mass is 19.4. The first-order valence-electron chi connectivity index (χ1n) is 7.41. The number of hydrogen-bond acceptors (Lipinski definition) is 5. The molecule has 0 aliphatic carbocycles. The Morgan fingerprint density at radius 3 is 2.60 bits per heavy atom. The molecule has 0 amide bonds. The van der Waals surface area contributed by atoms with Crippen molar-refractivity contribution in [3.05, 3.63) is 48.0 Å². The van der Waals surface area contributed by atoms with Crippen LogP contribution in [-0.2, 0) is 12.6 Å². The highest BCUT2D eigenvalue weighted by Gasteiger charge is 2.34. The van der Waals surface area contributed by atoms with E-state index in [9.17, 15) is 13.2 Å². The monoisotopic (exact) mass is 349 g/mol. The van der Waals surface area contributed by atoms with Crippen molar-refractivity contribution in [3.8, 4) is 22.8 Å². The summed E-state index contributed by atoms with van der Waals surface area (Å²) in [6.07, 6.45) is -1.61. The van der Waals surface area contributed by atoms with Crippen molar-refractivity contribution < 1.29 is 17.9 Å². The lowest BCUT2D eigenvalue weighted by molar-refractivity contribution is -0.141. The van der Waals surface area contributed by atoms with E-state index in [1.165, 1.54) is 13.4 Å². The average Bonchev–Trinajstić information content (AvgIpc) is 3.11. The Bertz CT molecular complexity index is 891. The van der Waals surface area contributed by atoms with Gasteiger partial charge in [-0.25, -0.2) is 14.6 Å². The van der Waals surface area contributed by atoms with Gasteiger partial charge in [0.1, 0.15) is 6.33 Å². The van der Waals surface area contributed by atoms with Crippen LogP contribution >= 0.6 is 0 Å². The van der Waals surface area contributed by atoms with E-state index in [1.54, 1.807) is 12.1 Å². The topological polar surface area (TPSA) is 65.7 Å². The van der Waals surface area contributed by atoms with Crippen molar-refractivity contribution in [3.63, 3.8) is 0 Å². The molecule has 130 valence electrons. The van der Waals surface area contributed by atoms with Gasteiger partial charge in [0.2, 0.25) is 5.88 Å². The Kier molecular flexibility index (Phi) is 4.39. The van der Waals surface area contributed by atoms with Crippen LogP contribution in [0.5, 0.6) is 5.88 Å². The van der Waals surface area contributed by atoms with Crippen molar-refractivity contribution in [1.82, 2.24) is 25.0 Å². The molecule has 2 heterocycles. The van der Waals surface area contributed by atoms with Crippen molar-refractivity contribution in [1.29, 1.82) is 0 Å². The van der Waals surface area contributed by atoms with E-state index < -0.39 is 11.9 Å². The number of halogens is 3. The fourth-order valence-electron chi connectivity index (χ4n) is 2.32. The number of methoxy groups -OCH3 is 1. The molecular weight excluding hydrogens is 335 g/mol. The maximum Gasteiger partial charge on any atom is 0.436 e. The Morgan fingerprint density at radius 2 is 1.96 bits per heavy atom. The predicted molar refractivity (Wildman–Crippen MR) is 83.3 cm³/mol. The molecule has 0 radical (unpaired) electrons. The van der Waals surface area contributed by atoms with Gasteiger partial charge in [0, 0.05) is 11.6 Å². The fourth-order valence-corrected chi connectivity index (χ4v) is 2.32. The molecule has 25 heavy (non-hydrogen) atoms. The summed E-state index contributed by atoms with van der Waals surface area (Å²) in [5, 5.41) is 6.81. The molecule has 0 aliphatic rings. The van der Waals surface area contributed by atoms with Crippen molar-refractivity contribution in [2.45, 2.75) is 19.5 Å². The lowest BCUT2D eigenvalue weighted by atomic mass is 10.0. The third-order valence-corrected chi connectivity index (χ3v) is 3.63. The van der Waals surface area contributed by atoms with Crippen LogP contribution in [0.15, 0.2) is 36.8 Å². The number of rotatable bonds is 4. The van der Waals surface area contributed by atoms with Crippen LogP contribution in [0.4, 0.5) is 13.2 Å². The highest BCUT2D eigenvalue weighted by Crippen LogP contribution is 2.31. The largest absolute Gasteiger partial charge is 0.481 e. The molecule has 0 aliphatic heterocycles. The van der Waals surface area contributed by atoms with Gasteiger partial charge in [0.25, 0.3) is 0 Å².